The molecule has 208 valence electrons. The molecule has 0 saturated heterocycles. The Labute approximate surface area is 226 Å². The molecular weight excluding hydrogens is 505 g/mol. The summed E-state index contributed by atoms with van der Waals surface area (Å²) in [6.45, 7) is 7.09. The van der Waals surface area contributed by atoms with Crippen LogP contribution in [-0.2, 0) is 31.6 Å². The van der Waals surface area contributed by atoms with E-state index in [1.54, 1.807) is 37.3 Å². The highest BCUT2D eigenvalue weighted by Crippen LogP contribution is 2.26. The highest BCUT2D eigenvalue weighted by molar-refractivity contribution is 7.92. The number of hydrogen-bond donors (Lipinski definition) is 1. The first-order valence-electron chi connectivity index (χ1n) is 13.2. The van der Waals surface area contributed by atoms with E-state index in [-0.39, 0.29) is 29.5 Å². The zero-order valence-electron chi connectivity index (χ0n) is 23.0. The molecule has 9 heteroatoms. The van der Waals surface area contributed by atoms with E-state index in [0.29, 0.717) is 5.69 Å². The summed E-state index contributed by atoms with van der Waals surface area (Å²) in [4.78, 5) is 28.1. The molecule has 3 rings (SSSR count). The first-order chi connectivity index (χ1) is 17.8. The van der Waals surface area contributed by atoms with E-state index < -0.39 is 34.3 Å². The lowest BCUT2D eigenvalue weighted by Gasteiger charge is -2.33. The van der Waals surface area contributed by atoms with Crippen LogP contribution < -0.4 is 9.62 Å². The van der Waals surface area contributed by atoms with Gasteiger partial charge in [0.05, 0.1) is 11.9 Å². The molecule has 0 radical (unpaired) electrons. The van der Waals surface area contributed by atoms with E-state index in [2.05, 4.69) is 26.1 Å². The van der Waals surface area contributed by atoms with Gasteiger partial charge in [-0.1, -0.05) is 70.4 Å². The molecule has 0 aliphatic heterocycles. The Hall–Kier alpha value is -2.94. The minimum absolute atomic E-state index is 0.0398. The molecule has 7 nitrogen and oxygen atoms in total. The molecule has 0 spiro atoms. The van der Waals surface area contributed by atoms with Crippen LogP contribution in [0.3, 0.4) is 0 Å². The van der Waals surface area contributed by atoms with Crippen LogP contribution in [-0.4, -0.2) is 50.0 Å². The lowest BCUT2D eigenvalue weighted by Crippen LogP contribution is -2.53. The van der Waals surface area contributed by atoms with Gasteiger partial charge in [0, 0.05) is 18.2 Å². The molecule has 38 heavy (non-hydrogen) atoms. The van der Waals surface area contributed by atoms with Crippen LogP contribution >= 0.6 is 0 Å². The standard InChI is InChI=1S/C29H40FN3O4S/c1-21(28(35)31-24-12-7-6-8-13-24)32(19-22-11-9-10-14-26(22)30)27(34)20-33(38(5,36)37)25-17-15-23(16-18-25)29(2,3)4/h9-11,14-18,21,24H,6-8,12-13,19-20H2,1-5H3,(H,31,35)/t21-/m0/s1. The fourth-order valence-electron chi connectivity index (χ4n) is 4.70. The first-order valence-corrected chi connectivity index (χ1v) is 15.0. The monoisotopic (exact) mass is 545 g/mol. The number of amides is 2. The summed E-state index contributed by atoms with van der Waals surface area (Å²) < 4.78 is 41.1. The molecule has 1 fully saturated rings. The van der Waals surface area contributed by atoms with Gasteiger partial charge in [0.15, 0.2) is 0 Å². The van der Waals surface area contributed by atoms with Crippen molar-refractivity contribution >= 4 is 27.5 Å². The van der Waals surface area contributed by atoms with Crippen LogP contribution in [0.1, 0.15) is 70.9 Å². The van der Waals surface area contributed by atoms with Crippen LogP contribution in [0.5, 0.6) is 0 Å². The molecule has 1 N–H and O–H groups in total. The molecule has 1 aliphatic rings. The average molecular weight is 546 g/mol. The van der Waals surface area contributed by atoms with Crippen molar-refractivity contribution in [3.8, 4) is 0 Å². The topological polar surface area (TPSA) is 86.8 Å². The number of nitrogens with one attached hydrogen (secondary N) is 1. The van der Waals surface area contributed by atoms with Gasteiger partial charge in [0.2, 0.25) is 21.8 Å². The number of carbonyl (C=O) groups is 2. The maximum absolute atomic E-state index is 14.6. The number of carbonyl (C=O) groups excluding carboxylic acids is 2. The number of sulfonamides is 1. The van der Waals surface area contributed by atoms with Crippen LogP contribution in [0.2, 0.25) is 0 Å². The Bertz CT molecular complexity index is 1220. The van der Waals surface area contributed by atoms with Crippen molar-refractivity contribution in [2.75, 3.05) is 17.1 Å². The van der Waals surface area contributed by atoms with Gasteiger partial charge < -0.3 is 10.2 Å². The van der Waals surface area contributed by atoms with E-state index in [9.17, 15) is 22.4 Å². The molecular formula is C29H40FN3O4S. The Morgan fingerprint density at radius 1 is 1.03 bits per heavy atom. The second kappa shape index (κ2) is 12.3. The first kappa shape index (κ1) is 29.6. The maximum atomic E-state index is 14.6. The third kappa shape index (κ3) is 7.79. The van der Waals surface area contributed by atoms with Crippen molar-refractivity contribution in [3.05, 3.63) is 65.5 Å². The summed E-state index contributed by atoms with van der Waals surface area (Å²) in [5, 5.41) is 3.03. The number of anilines is 1. The van der Waals surface area contributed by atoms with E-state index in [4.69, 9.17) is 0 Å². The molecule has 2 aromatic carbocycles. The fourth-order valence-corrected chi connectivity index (χ4v) is 5.55. The van der Waals surface area contributed by atoms with Crippen LogP contribution in [0.25, 0.3) is 0 Å². The summed E-state index contributed by atoms with van der Waals surface area (Å²) in [5.74, 6) is -1.42. The van der Waals surface area contributed by atoms with Crippen molar-refractivity contribution in [2.24, 2.45) is 0 Å². The molecule has 2 aromatic rings. The highest BCUT2D eigenvalue weighted by atomic mass is 32.2. The van der Waals surface area contributed by atoms with Crippen LogP contribution in [0.4, 0.5) is 10.1 Å². The fraction of sp³-hybridized carbons (Fsp3) is 0.517. The molecule has 1 saturated carbocycles. The van der Waals surface area contributed by atoms with Gasteiger partial charge in [-0.2, -0.15) is 0 Å². The highest BCUT2D eigenvalue weighted by Gasteiger charge is 2.31. The molecule has 1 aliphatic carbocycles. The number of hydrogen-bond acceptors (Lipinski definition) is 4. The zero-order chi connectivity index (χ0) is 28.1. The Morgan fingerprint density at radius 3 is 2.18 bits per heavy atom. The van der Waals surface area contributed by atoms with Gasteiger partial charge in [0.1, 0.15) is 18.4 Å². The lowest BCUT2D eigenvalue weighted by atomic mass is 9.87. The second-order valence-electron chi connectivity index (χ2n) is 11.2. The smallest absolute Gasteiger partial charge is 0.244 e. The lowest BCUT2D eigenvalue weighted by molar-refractivity contribution is -0.139. The predicted octanol–water partition coefficient (Wildman–Crippen LogP) is 4.76. The second-order valence-corrected chi connectivity index (χ2v) is 13.1. The summed E-state index contributed by atoms with van der Waals surface area (Å²) in [6, 6.07) is 12.2. The summed E-state index contributed by atoms with van der Waals surface area (Å²) in [7, 11) is -3.83. The van der Waals surface area contributed by atoms with Crippen molar-refractivity contribution in [3.63, 3.8) is 0 Å². The van der Waals surface area contributed by atoms with Crippen LogP contribution in [0, 0.1) is 5.82 Å². The Balaban J connectivity index is 1.89. The third-order valence-electron chi connectivity index (χ3n) is 7.12. The quantitative estimate of drug-likeness (QED) is 0.493. The largest absolute Gasteiger partial charge is 0.352 e. The van der Waals surface area contributed by atoms with Crippen molar-refractivity contribution in [1.29, 1.82) is 0 Å². The van der Waals surface area contributed by atoms with E-state index >= 15 is 0 Å². The average Bonchev–Trinajstić information content (AvgIpc) is 2.85. The van der Waals surface area contributed by atoms with E-state index in [1.807, 2.05) is 12.1 Å². The number of benzene rings is 2. The van der Waals surface area contributed by atoms with Crippen molar-refractivity contribution in [1.82, 2.24) is 10.2 Å². The SMILES string of the molecule is C[C@@H](C(=O)NC1CCCCC1)N(Cc1ccccc1F)C(=O)CN(c1ccc(C(C)(C)C)cc1)S(C)(=O)=O. The van der Waals surface area contributed by atoms with Gasteiger partial charge in [-0.25, -0.2) is 12.8 Å². The molecule has 1 atom stereocenters. The number of nitrogens with zero attached hydrogens (tertiary/aromatic N) is 2. The Kier molecular flexibility index (Phi) is 9.57. The summed E-state index contributed by atoms with van der Waals surface area (Å²) in [5.41, 5.74) is 1.50. The van der Waals surface area contributed by atoms with Gasteiger partial charge in [-0.15, -0.1) is 0 Å². The van der Waals surface area contributed by atoms with Crippen LogP contribution in [0.15, 0.2) is 48.5 Å². The molecule has 0 unspecified atom stereocenters. The molecule has 2 amide bonds. The van der Waals surface area contributed by atoms with E-state index in [0.717, 1.165) is 48.2 Å². The predicted molar refractivity (Wildman–Crippen MR) is 149 cm³/mol. The molecule has 0 bridgehead atoms. The normalized spacial score (nSPS) is 15.5. The Morgan fingerprint density at radius 2 is 1.63 bits per heavy atom. The van der Waals surface area contributed by atoms with Gasteiger partial charge in [-0.05, 0) is 48.9 Å². The number of rotatable bonds is 9. The minimum atomic E-state index is -3.83. The van der Waals surface area contributed by atoms with Crippen molar-refractivity contribution < 1.29 is 22.4 Å². The summed E-state index contributed by atoms with van der Waals surface area (Å²) in [6.07, 6.45) is 6.01. The summed E-state index contributed by atoms with van der Waals surface area (Å²) >= 11 is 0. The van der Waals surface area contributed by atoms with E-state index in [1.165, 1.54) is 11.0 Å². The zero-order valence-corrected chi connectivity index (χ0v) is 23.9. The molecule has 0 aromatic heterocycles. The van der Waals surface area contributed by atoms with Gasteiger partial charge in [-0.3, -0.25) is 13.9 Å². The third-order valence-corrected chi connectivity index (χ3v) is 8.26. The minimum Gasteiger partial charge on any atom is -0.352 e. The maximum Gasteiger partial charge on any atom is 0.244 e. The van der Waals surface area contributed by atoms with Crippen molar-refractivity contribution in [2.45, 2.75) is 83.8 Å². The van der Waals surface area contributed by atoms with Gasteiger partial charge >= 0.3 is 0 Å². The van der Waals surface area contributed by atoms with Gasteiger partial charge in [0.25, 0.3) is 0 Å². The number of halogens is 1. The molecule has 0 heterocycles.